The Morgan fingerprint density at radius 1 is 1.67 bits per heavy atom. The molecule has 0 aliphatic rings. The Labute approximate surface area is 59.8 Å². The number of hydrogen-bond acceptors (Lipinski definition) is 2. The van der Waals surface area contributed by atoms with Crippen LogP contribution in [0.15, 0.2) is 11.7 Å². The molecule has 1 rings (SSSR count). The Kier molecular flexibility index (Phi) is 2.71. The second-order valence-corrected chi connectivity index (χ2v) is 2.90. The number of nitrogens with zero attached hydrogens (tertiary/aromatic N) is 1. The molecule has 0 amide bonds. The summed E-state index contributed by atoms with van der Waals surface area (Å²) in [7, 11) is 0. The highest BCUT2D eigenvalue weighted by Gasteiger charge is 1.90. The van der Waals surface area contributed by atoms with Crippen LogP contribution in [-0.2, 0) is 6.42 Å². The van der Waals surface area contributed by atoms with Gasteiger partial charge in [-0.15, -0.1) is 11.3 Å². The van der Waals surface area contributed by atoms with Crippen molar-refractivity contribution in [2.75, 3.05) is 0 Å². The van der Waals surface area contributed by atoms with E-state index in [-0.39, 0.29) is 0 Å². The van der Waals surface area contributed by atoms with Crippen molar-refractivity contribution < 1.29 is 0 Å². The van der Waals surface area contributed by atoms with E-state index in [0.29, 0.717) is 0 Å². The first-order valence-corrected chi connectivity index (χ1v) is 3.98. The zero-order valence-electron chi connectivity index (χ0n) is 5.34. The van der Waals surface area contributed by atoms with Gasteiger partial charge in [0.05, 0.1) is 5.51 Å². The summed E-state index contributed by atoms with van der Waals surface area (Å²) in [5.74, 6) is 0. The minimum Gasteiger partial charge on any atom is -0.253 e. The molecule has 0 fully saturated rings. The number of unbranched alkanes of at least 4 members (excludes halogenated alkanes) is 1. The van der Waals surface area contributed by atoms with Crippen molar-refractivity contribution in [1.29, 1.82) is 0 Å². The summed E-state index contributed by atoms with van der Waals surface area (Å²) in [5, 5.41) is 0. The van der Waals surface area contributed by atoms with Crippen LogP contribution in [0.5, 0.6) is 0 Å². The van der Waals surface area contributed by atoms with Gasteiger partial charge in [0.25, 0.3) is 0 Å². The maximum atomic E-state index is 3.97. The zero-order chi connectivity index (χ0) is 6.53. The lowest BCUT2D eigenvalue weighted by atomic mass is 10.2. The SMILES string of the molecule is [CH2]CCCc1cncs1. The fraction of sp³-hybridized carbons (Fsp3) is 0.429. The third-order valence-electron chi connectivity index (χ3n) is 1.16. The molecule has 0 saturated heterocycles. The van der Waals surface area contributed by atoms with Gasteiger partial charge in [-0.3, -0.25) is 4.98 Å². The Morgan fingerprint density at radius 2 is 2.56 bits per heavy atom. The third kappa shape index (κ3) is 2.14. The van der Waals surface area contributed by atoms with Crippen molar-refractivity contribution in [3.63, 3.8) is 0 Å². The number of hydrogen-bond donors (Lipinski definition) is 0. The molecule has 0 N–H and O–H groups in total. The molecule has 0 aliphatic carbocycles. The normalized spacial score (nSPS) is 9.89. The van der Waals surface area contributed by atoms with Gasteiger partial charge in [0.1, 0.15) is 0 Å². The summed E-state index contributed by atoms with van der Waals surface area (Å²) in [4.78, 5) is 5.35. The van der Waals surface area contributed by atoms with Crippen LogP contribution in [0, 0.1) is 6.92 Å². The van der Waals surface area contributed by atoms with Crippen LogP contribution in [0.2, 0.25) is 0 Å². The first kappa shape index (κ1) is 6.75. The summed E-state index contributed by atoms with van der Waals surface area (Å²) in [6, 6.07) is 0. The highest BCUT2D eigenvalue weighted by molar-refractivity contribution is 7.09. The van der Waals surface area contributed by atoms with Gasteiger partial charge in [0.2, 0.25) is 0 Å². The second kappa shape index (κ2) is 3.62. The van der Waals surface area contributed by atoms with E-state index in [0.717, 1.165) is 12.8 Å². The van der Waals surface area contributed by atoms with Gasteiger partial charge < -0.3 is 0 Å². The molecule has 0 unspecified atom stereocenters. The van der Waals surface area contributed by atoms with E-state index in [1.807, 2.05) is 11.7 Å². The van der Waals surface area contributed by atoms with Crippen molar-refractivity contribution in [2.24, 2.45) is 0 Å². The minimum atomic E-state index is 1.03. The summed E-state index contributed by atoms with van der Waals surface area (Å²) < 4.78 is 0. The van der Waals surface area contributed by atoms with Gasteiger partial charge in [-0.1, -0.05) is 13.3 Å². The Hall–Kier alpha value is -0.370. The van der Waals surface area contributed by atoms with E-state index >= 15 is 0 Å². The van der Waals surface area contributed by atoms with Crippen LogP contribution in [0.25, 0.3) is 0 Å². The molecule has 0 aromatic carbocycles. The zero-order valence-corrected chi connectivity index (χ0v) is 6.16. The summed E-state index contributed by atoms with van der Waals surface area (Å²) in [6.07, 6.45) is 5.29. The second-order valence-electron chi connectivity index (χ2n) is 1.92. The fourth-order valence-corrected chi connectivity index (χ4v) is 1.31. The Balaban J connectivity index is 2.30. The van der Waals surface area contributed by atoms with Gasteiger partial charge in [-0.25, -0.2) is 0 Å². The molecule has 1 nitrogen and oxygen atoms in total. The first-order valence-electron chi connectivity index (χ1n) is 3.10. The molecule has 9 heavy (non-hydrogen) atoms. The standard InChI is InChI=1S/C7H10NS/c1-2-3-4-7-5-8-6-9-7/h5-6H,1-4H2. The third-order valence-corrected chi connectivity index (χ3v) is 2.00. The maximum Gasteiger partial charge on any atom is 0.0794 e. The van der Waals surface area contributed by atoms with Crippen LogP contribution in [0.1, 0.15) is 17.7 Å². The van der Waals surface area contributed by atoms with E-state index < -0.39 is 0 Å². The van der Waals surface area contributed by atoms with Crippen molar-refractivity contribution in [3.8, 4) is 0 Å². The van der Waals surface area contributed by atoms with E-state index in [1.165, 1.54) is 11.3 Å². The highest BCUT2D eigenvalue weighted by Crippen LogP contribution is 2.08. The van der Waals surface area contributed by atoms with Crippen LogP contribution in [-0.4, -0.2) is 4.98 Å². The van der Waals surface area contributed by atoms with E-state index in [9.17, 15) is 0 Å². The van der Waals surface area contributed by atoms with E-state index in [2.05, 4.69) is 11.9 Å². The summed E-state index contributed by atoms with van der Waals surface area (Å²) >= 11 is 1.72. The van der Waals surface area contributed by atoms with Crippen molar-refractivity contribution >= 4 is 11.3 Å². The molecule has 1 aromatic rings. The molecule has 0 saturated carbocycles. The molecule has 2 heteroatoms. The topological polar surface area (TPSA) is 12.9 Å². The lowest BCUT2D eigenvalue weighted by molar-refractivity contribution is 0.851. The van der Waals surface area contributed by atoms with Crippen molar-refractivity contribution in [3.05, 3.63) is 23.5 Å². The predicted octanol–water partition coefficient (Wildman–Crippen LogP) is 2.30. The summed E-state index contributed by atoms with van der Waals surface area (Å²) in [5.41, 5.74) is 1.87. The van der Waals surface area contributed by atoms with E-state index in [1.54, 1.807) is 11.3 Å². The molecule has 1 heterocycles. The van der Waals surface area contributed by atoms with Gasteiger partial charge in [0, 0.05) is 11.1 Å². The smallest absolute Gasteiger partial charge is 0.0794 e. The van der Waals surface area contributed by atoms with Crippen LogP contribution in [0.3, 0.4) is 0 Å². The molecule has 0 aliphatic heterocycles. The highest BCUT2D eigenvalue weighted by atomic mass is 32.1. The molecule has 0 spiro atoms. The molecule has 1 radical (unpaired) electrons. The molecule has 1 aromatic heterocycles. The quantitative estimate of drug-likeness (QED) is 0.627. The predicted molar refractivity (Wildman–Crippen MR) is 40.4 cm³/mol. The van der Waals surface area contributed by atoms with E-state index in [4.69, 9.17) is 0 Å². The lowest BCUT2D eigenvalue weighted by Gasteiger charge is -1.89. The minimum absolute atomic E-state index is 1.03. The number of rotatable bonds is 3. The van der Waals surface area contributed by atoms with Crippen LogP contribution < -0.4 is 0 Å². The number of thiazole rings is 1. The largest absolute Gasteiger partial charge is 0.253 e. The average molecular weight is 140 g/mol. The summed E-state index contributed by atoms with van der Waals surface area (Å²) in [6.45, 7) is 3.77. The lowest BCUT2D eigenvalue weighted by Crippen LogP contribution is -1.76. The maximum absolute atomic E-state index is 3.97. The van der Waals surface area contributed by atoms with Crippen molar-refractivity contribution in [2.45, 2.75) is 19.3 Å². The average Bonchev–Trinajstić information content (AvgIpc) is 2.34. The fourth-order valence-electron chi connectivity index (χ4n) is 0.665. The number of aryl methyl sites for hydroxylation is 1. The van der Waals surface area contributed by atoms with Gasteiger partial charge in [-0.05, 0) is 12.8 Å². The van der Waals surface area contributed by atoms with Crippen molar-refractivity contribution in [1.82, 2.24) is 4.98 Å². The van der Waals surface area contributed by atoms with Crippen LogP contribution >= 0.6 is 11.3 Å². The Bertz CT molecular complexity index is 146. The molecular formula is C7H10NS. The van der Waals surface area contributed by atoms with Gasteiger partial charge in [0.15, 0.2) is 0 Å². The molecule has 49 valence electrons. The molecule has 0 bridgehead atoms. The Morgan fingerprint density at radius 3 is 3.11 bits per heavy atom. The number of aromatic nitrogens is 1. The van der Waals surface area contributed by atoms with Crippen LogP contribution in [0.4, 0.5) is 0 Å². The molecule has 0 atom stereocenters. The monoisotopic (exact) mass is 140 g/mol. The van der Waals surface area contributed by atoms with Gasteiger partial charge >= 0.3 is 0 Å². The molecular weight excluding hydrogens is 130 g/mol. The van der Waals surface area contributed by atoms with Gasteiger partial charge in [-0.2, -0.15) is 0 Å². The first-order chi connectivity index (χ1) is 4.43.